The van der Waals surface area contributed by atoms with Gasteiger partial charge in [0.1, 0.15) is 5.54 Å². The molecular formula is C21H37N3O2. The largest absolute Gasteiger partial charge is 0.368 e. The van der Waals surface area contributed by atoms with Gasteiger partial charge in [-0.25, -0.2) is 0 Å². The van der Waals surface area contributed by atoms with Crippen molar-refractivity contribution in [2.75, 3.05) is 6.54 Å². The number of rotatable bonds is 6. The lowest BCUT2D eigenvalue weighted by Crippen LogP contribution is -2.57. The van der Waals surface area contributed by atoms with Crippen LogP contribution in [0, 0.1) is 11.8 Å². The summed E-state index contributed by atoms with van der Waals surface area (Å²) in [6.45, 7) is 0.693. The molecule has 0 spiro atoms. The van der Waals surface area contributed by atoms with E-state index in [2.05, 4.69) is 0 Å². The third-order valence-corrected chi connectivity index (χ3v) is 7.26. The number of hydrogen-bond donors (Lipinski definition) is 2. The minimum atomic E-state index is -0.740. The summed E-state index contributed by atoms with van der Waals surface area (Å²) in [5.74, 6) is 1.02. The Labute approximate surface area is 158 Å². The maximum absolute atomic E-state index is 13.0. The van der Waals surface area contributed by atoms with Crippen molar-refractivity contribution in [2.45, 2.75) is 101 Å². The smallest absolute Gasteiger partial charge is 0.243 e. The van der Waals surface area contributed by atoms with Crippen LogP contribution in [0.2, 0.25) is 0 Å². The van der Waals surface area contributed by atoms with Crippen molar-refractivity contribution in [3.63, 3.8) is 0 Å². The number of nitrogens with zero attached hydrogens (tertiary/aromatic N) is 1. The second-order valence-corrected chi connectivity index (χ2v) is 9.07. The first-order chi connectivity index (χ1) is 12.5. The minimum Gasteiger partial charge on any atom is -0.368 e. The van der Waals surface area contributed by atoms with Crippen molar-refractivity contribution in [2.24, 2.45) is 23.3 Å². The van der Waals surface area contributed by atoms with E-state index in [0.717, 1.165) is 51.4 Å². The number of amides is 2. The van der Waals surface area contributed by atoms with Gasteiger partial charge in [0.15, 0.2) is 0 Å². The van der Waals surface area contributed by atoms with Crippen LogP contribution in [0.4, 0.5) is 0 Å². The number of nitrogens with two attached hydrogens (primary N) is 2. The van der Waals surface area contributed by atoms with Crippen LogP contribution in [-0.2, 0) is 9.59 Å². The Kier molecular flexibility index (Phi) is 6.60. The zero-order valence-electron chi connectivity index (χ0n) is 16.3. The molecule has 148 valence electrons. The van der Waals surface area contributed by atoms with Gasteiger partial charge in [0, 0.05) is 19.0 Å². The molecule has 0 aromatic rings. The van der Waals surface area contributed by atoms with Crippen LogP contribution in [0.15, 0.2) is 0 Å². The molecule has 1 saturated heterocycles. The molecule has 3 aliphatic rings. The summed E-state index contributed by atoms with van der Waals surface area (Å²) >= 11 is 0. The Morgan fingerprint density at radius 2 is 1.62 bits per heavy atom. The molecule has 0 radical (unpaired) electrons. The lowest BCUT2D eigenvalue weighted by atomic mass is 9.76. The van der Waals surface area contributed by atoms with Gasteiger partial charge in [-0.05, 0) is 63.2 Å². The minimum absolute atomic E-state index is 0.152. The molecule has 1 aliphatic heterocycles. The molecule has 1 heterocycles. The number of hydrogen-bond acceptors (Lipinski definition) is 3. The third-order valence-electron chi connectivity index (χ3n) is 7.26. The summed E-state index contributed by atoms with van der Waals surface area (Å²) in [6.07, 6.45) is 14.5. The van der Waals surface area contributed by atoms with E-state index >= 15 is 0 Å². The fourth-order valence-corrected chi connectivity index (χ4v) is 5.62. The summed E-state index contributed by atoms with van der Waals surface area (Å²) in [5, 5.41) is 0. The molecule has 2 amide bonds. The summed E-state index contributed by atoms with van der Waals surface area (Å²) in [5.41, 5.74) is 11.2. The Bertz CT molecular complexity index is 495. The zero-order valence-corrected chi connectivity index (χ0v) is 16.3. The molecule has 3 rings (SSSR count). The Morgan fingerprint density at radius 3 is 2.27 bits per heavy atom. The lowest BCUT2D eigenvalue weighted by Gasteiger charge is -2.40. The molecule has 3 fully saturated rings. The predicted octanol–water partition coefficient (Wildman–Crippen LogP) is 3.10. The van der Waals surface area contributed by atoms with Gasteiger partial charge >= 0.3 is 0 Å². The predicted molar refractivity (Wildman–Crippen MR) is 103 cm³/mol. The van der Waals surface area contributed by atoms with E-state index in [4.69, 9.17) is 11.5 Å². The molecule has 2 saturated carbocycles. The van der Waals surface area contributed by atoms with Gasteiger partial charge in [0.2, 0.25) is 11.8 Å². The number of carbonyl (C=O) groups excluding carboxylic acids is 2. The molecular weight excluding hydrogens is 326 g/mol. The van der Waals surface area contributed by atoms with Gasteiger partial charge in [0.25, 0.3) is 0 Å². The highest BCUT2D eigenvalue weighted by atomic mass is 16.2. The molecule has 1 atom stereocenters. The van der Waals surface area contributed by atoms with Crippen LogP contribution >= 0.6 is 0 Å². The van der Waals surface area contributed by atoms with Gasteiger partial charge in [0.05, 0.1) is 0 Å². The zero-order chi connectivity index (χ0) is 18.6. The number of carbonyl (C=O) groups is 2. The SMILES string of the molecule is NC(=O)[C@]1(C[C@H]2CC[C@H](N)CC2)CCCN1C(=O)CCC1CCCCC1. The molecule has 5 nitrogen and oxygen atoms in total. The maximum Gasteiger partial charge on any atom is 0.243 e. The monoisotopic (exact) mass is 363 g/mol. The summed E-state index contributed by atoms with van der Waals surface area (Å²) in [4.78, 5) is 27.4. The van der Waals surface area contributed by atoms with Crippen LogP contribution < -0.4 is 11.5 Å². The van der Waals surface area contributed by atoms with E-state index in [1.54, 1.807) is 0 Å². The first kappa shape index (κ1) is 19.7. The van der Waals surface area contributed by atoms with Crippen LogP contribution in [0.1, 0.15) is 89.9 Å². The molecule has 4 N–H and O–H groups in total. The normalized spacial score (nSPS) is 33.3. The summed E-state index contributed by atoms with van der Waals surface area (Å²) < 4.78 is 0. The lowest BCUT2D eigenvalue weighted by molar-refractivity contribution is -0.145. The molecule has 2 aliphatic carbocycles. The molecule has 0 unspecified atom stereocenters. The van der Waals surface area contributed by atoms with Gasteiger partial charge < -0.3 is 16.4 Å². The molecule has 5 heteroatoms. The van der Waals surface area contributed by atoms with E-state index < -0.39 is 5.54 Å². The quantitative estimate of drug-likeness (QED) is 0.760. The van der Waals surface area contributed by atoms with Crippen LogP contribution in [0.3, 0.4) is 0 Å². The number of likely N-dealkylation sites (tertiary alicyclic amines) is 1. The number of primary amides is 1. The third kappa shape index (κ3) is 4.41. The molecule has 0 aromatic heterocycles. The molecule has 26 heavy (non-hydrogen) atoms. The summed E-state index contributed by atoms with van der Waals surface area (Å²) in [6, 6.07) is 0.299. The molecule has 0 bridgehead atoms. The van der Waals surface area contributed by atoms with Crippen molar-refractivity contribution in [3.8, 4) is 0 Å². The first-order valence-corrected chi connectivity index (χ1v) is 10.9. The van der Waals surface area contributed by atoms with Crippen molar-refractivity contribution in [1.29, 1.82) is 0 Å². The molecule has 0 aromatic carbocycles. The second kappa shape index (κ2) is 8.73. The van der Waals surface area contributed by atoms with E-state index in [9.17, 15) is 9.59 Å². The van der Waals surface area contributed by atoms with Crippen molar-refractivity contribution >= 4 is 11.8 Å². The Balaban J connectivity index is 1.61. The van der Waals surface area contributed by atoms with E-state index in [1.807, 2.05) is 4.90 Å². The average molecular weight is 364 g/mol. The van der Waals surface area contributed by atoms with Crippen molar-refractivity contribution in [3.05, 3.63) is 0 Å². The Hall–Kier alpha value is -1.10. The van der Waals surface area contributed by atoms with E-state index in [0.29, 0.717) is 30.8 Å². The first-order valence-electron chi connectivity index (χ1n) is 10.9. The highest BCUT2D eigenvalue weighted by Crippen LogP contribution is 2.40. The summed E-state index contributed by atoms with van der Waals surface area (Å²) in [7, 11) is 0. The van der Waals surface area contributed by atoms with Crippen LogP contribution in [0.5, 0.6) is 0 Å². The fraction of sp³-hybridized carbons (Fsp3) is 0.905. The topological polar surface area (TPSA) is 89.4 Å². The van der Waals surface area contributed by atoms with Gasteiger partial charge in [-0.2, -0.15) is 0 Å². The standard InChI is InChI=1S/C21H37N3O2/c22-18-10-7-17(8-11-18)15-21(20(23)26)13-4-14-24(21)19(25)12-9-16-5-2-1-3-6-16/h16-18H,1-15,22H2,(H2,23,26)/t17-,18-,21-/m1/s1. The van der Waals surface area contributed by atoms with Gasteiger partial charge in [-0.3, -0.25) is 9.59 Å². The van der Waals surface area contributed by atoms with E-state index in [1.165, 1.54) is 32.1 Å². The van der Waals surface area contributed by atoms with E-state index in [-0.39, 0.29) is 11.8 Å². The maximum atomic E-state index is 13.0. The van der Waals surface area contributed by atoms with Gasteiger partial charge in [-0.15, -0.1) is 0 Å². The van der Waals surface area contributed by atoms with Crippen LogP contribution in [-0.4, -0.2) is 34.8 Å². The van der Waals surface area contributed by atoms with Gasteiger partial charge in [-0.1, -0.05) is 32.1 Å². The Morgan fingerprint density at radius 1 is 0.923 bits per heavy atom. The van der Waals surface area contributed by atoms with Crippen molar-refractivity contribution in [1.82, 2.24) is 4.90 Å². The average Bonchev–Trinajstić information content (AvgIpc) is 3.07. The van der Waals surface area contributed by atoms with Crippen LogP contribution in [0.25, 0.3) is 0 Å². The van der Waals surface area contributed by atoms with Crippen molar-refractivity contribution < 1.29 is 9.59 Å². The second-order valence-electron chi connectivity index (χ2n) is 9.07. The highest BCUT2D eigenvalue weighted by molar-refractivity contribution is 5.91. The highest BCUT2D eigenvalue weighted by Gasteiger charge is 2.49. The fourth-order valence-electron chi connectivity index (χ4n) is 5.62.